The van der Waals surface area contributed by atoms with E-state index >= 15 is 0 Å². The molecule has 2 aromatic heterocycles. The first-order chi connectivity index (χ1) is 13.5. The van der Waals surface area contributed by atoms with Crippen molar-refractivity contribution >= 4 is 50.9 Å². The summed E-state index contributed by atoms with van der Waals surface area (Å²) < 4.78 is 10.5. The molecule has 0 radical (unpaired) electrons. The maximum absolute atomic E-state index is 12.4. The van der Waals surface area contributed by atoms with Gasteiger partial charge in [0.25, 0.3) is 5.91 Å². The molecule has 0 fully saturated rings. The van der Waals surface area contributed by atoms with Gasteiger partial charge in [0.2, 0.25) is 0 Å². The van der Waals surface area contributed by atoms with E-state index in [2.05, 4.69) is 15.3 Å². The first-order valence-corrected chi connectivity index (χ1v) is 10.3. The first kappa shape index (κ1) is 20.1. The molecule has 3 aromatic rings. The number of ether oxygens (including phenoxy) is 2. The molecule has 9 heteroatoms. The van der Waals surface area contributed by atoms with E-state index in [0.717, 1.165) is 15.8 Å². The molecule has 0 aliphatic rings. The number of fused-ring (bicyclic) bond motifs is 1. The molecule has 1 atom stereocenters. The molecule has 0 unspecified atom stereocenters. The molecule has 1 N–H and O–H groups in total. The molecular weight excluding hydrogens is 398 g/mol. The third kappa shape index (κ3) is 4.79. The van der Waals surface area contributed by atoms with Gasteiger partial charge >= 0.3 is 5.97 Å². The molecule has 0 aliphatic heterocycles. The largest absolute Gasteiger partial charge is 0.495 e. The van der Waals surface area contributed by atoms with E-state index in [1.807, 2.05) is 24.4 Å². The van der Waals surface area contributed by atoms with Crippen molar-refractivity contribution in [3.63, 3.8) is 0 Å². The van der Waals surface area contributed by atoms with Crippen LogP contribution in [0.15, 0.2) is 41.0 Å². The number of aromatic nitrogens is 2. The Morgan fingerprint density at radius 2 is 2.11 bits per heavy atom. The van der Waals surface area contributed by atoms with Gasteiger partial charge < -0.3 is 14.8 Å². The quantitative estimate of drug-likeness (QED) is 0.356. The van der Waals surface area contributed by atoms with Gasteiger partial charge in [-0.3, -0.25) is 9.59 Å². The smallest absolute Gasteiger partial charge is 0.317 e. The summed E-state index contributed by atoms with van der Waals surface area (Å²) in [6.45, 7) is 3.44. The van der Waals surface area contributed by atoms with E-state index in [0.29, 0.717) is 16.5 Å². The van der Waals surface area contributed by atoms with E-state index in [1.165, 1.54) is 43.5 Å². The van der Waals surface area contributed by atoms with Crippen LogP contribution < -0.4 is 10.1 Å². The van der Waals surface area contributed by atoms with Crippen LogP contribution in [0.4, 0.5) is 5.69 Å². The monoisotopic (exact) mass is 417 g/mol. The fraction of sp³-hybridized carbons (Fsp3) is 0.263. The number of nitrogens with zero attached hydrogens (tertiary/aromatic N) is 2. The highest BCUT2D eigenvalue weighted by atomic mass is 32.2. The van der Waals surface area contributed by atoms with Crippen LogP contribution in [0.3, 0.4) is 0 Å². The van der Waals surface area contributed by atoms with Gasteiger partial charge in [-0.25, -0.2) is 9.97 Å². The Hall–Kier alpha value is -2.65. The predicted octanol–water partition coefficient (Wildman–Crippen LogP) is 3.67. The molecular formula is C19H19N3O4S2. The Kier molecular flexibility index (Phi) is 6.48. The number of carbonyl (C=O) groups excluding carboxylic acids is 2. The summed E-state index contributed by atoms with van der Waals surface area (Å²) in [6, 6.07) is 7.36. The van der Waals surface area contributed by atoms with Gasteiger partial charge in [-0.2, -0.15) is 0 Å². The van der Waals surface area contributed by atoms with Crippen LogP contribution in [0.25, 0.3) is 10.2 Å². The topological polar surface area (TPSA) is 90.4 Å². The SMILES string of the molecule is COc1ccc(C)cc1NC(=O)[C@H](C)OC(=O)CSc1ncnc2sccc12. The first-order valence-electron chi connectivity index (χ1n) is 8.44. The normalized spacial score (nSPS) is 11.8. The lowest BCUT2D eigenvalue weighted by Gasteiger charge is -2.15. The Balaban J connectivity index is 1.56. The van der Waals surface area contributed by atoms with Crippen molar-refractivity contribution in [1.82, 2.24) is 9.97 Å². The van der Waals surface area contributed by atoms with Crippen LogP contribution in [0.2, 0.25) is 0 Å². The number of thiophene rings is 1. The number of nitrogens with one attached hydrogen (secondary N) is 1. The summed E-state index contributed by atoms with van der Waals surface area (Å²) >= 11 is 2.77. The number of hydrogen-bond donors (Lipinski definition) is 1. The fourth-order valence-electron chi connectivity index (χ4n) is 2.45. The molecule has 2 heterocycles. The molecule has 0 bridgehead atoms. The second-order valence-corrected chi connectivity index (χ2v) is 7.79. The molecule has 0 aliphatic carbocycles. The average molecular weight is 418 g/mol. The average Bonchev–Trinajstić information content (AvgIpc) is 3.16. The summed E-state index contributed by atoms with van der Waals surface area (Å²) in [5.74, 6) is -0.334. The Labute approximate surface area is 170 Å². The summed E-state index contributed by atoms with van der Waals surface area (Å²) in [5, 5.41) is 6.28. The molecule has 146 valence electrons. The minimum absolute atomic E-state index is 0.0490. The van der Waals surface area contributed by atoms with Gasteiger partial charge in [0.05, 0.1) is 18.6 Å². The molecule has 1 aromatic carbocycles. The molecule has 7 nitrogen and oxygen atoms in total. The van der Waals surface area contributed by atoms with Gasteiger partial charge in [0, 0.05) is 5.39 Å². The van der Waals surface area contributed by atoms with Crippen LogP contribution >= 0.6 is 23.1 Å². The molecule has 0 spiro atoms. The van der Waals surface area contributed by atoms with Gasteiger partial charge in [0.15, 0.2) is 6.10 Å². The summed E-state index contributed by atoms with van der Waals surface area (Å²) in [4.78, 5) is 33.8. The zero-order chi connectivity index (χ0) is 20.1. The number of anilines is 1. The van der Waals surface area contributed by atoms with Crippen LogP contribution in [-0.4, -0.2) is 40.8 Å². The predicted molar refractivity (Wildman–Crippen MR) is 110 cm³/mol. The lowest BCUT2D eigenvalue weighted by Crippen LogP contribution is -2.30. The van der Waals surface area contributed by atoms with Crippen LogP contribution in [0, 0.1) is 6.92 Å². The van der Waals surface area contributed by atoms with Crippen molar-refractivity contribution < 1.29 is 19.1 Å². The van der Waals surface area contributed by atoms with E-state index in [9.17, 15) is 9.59 Å². The standard InChI is InChI=1S/C19H19N3O4S2/c1-11-4-5-15(25-3)14(8-11)22-17(24)12(2)26-16(23)9-28-19-13-6-7-27-18(13)20-10-21-19/h4-8,10,12H,9H2,1-3H3,(H,22,24)/t12-/m0/s1. The van der Waals surface area contributed by atoms with Gasteiger partial charge in [-0.15, -0.1) is 11.3 Å². The highest BCUT2D eigenvalue weighted by molar-refractivity contribution is 8.00. The highest BCUT2D eigenvalue weighted by Crippen LogP contribution is 2.28. The Morgan fingerprint density at radius 3 is 2.89 bits per heavy atom. The van der Waals surface area contributed by atoms with E-state index in [4.69, 9.17) is 9.47 Å². The highest BCUT2D eigenvalue weighted by Gasteiger charge is 2.20. The number of hydrogen-bond acceptors (Lipinski definition) is 8. The second-order valence-electron chi connectivity index (χ2n) is 5.93. The lowest BCUT2D eigenvalue weighted by atomic mass is 10.2. The number of methoxy groups -OCH3 is 1. The van der Waals surface area contributed by atoms with Crippen LogP contribution in [0.5, 0.6) is 5.75 Å². The zero-order valence-electron chi connectivity index (χ0n) is 15.6. The second kappa shape index (κ2) is 9.03. The minimum atomic E-state index is -0.940. The van der Waals surface area contributed by atoms with Crippen molar-refractivity contribution in [1.29, 1.82) is 0 Å². The number of carbonyl (C=O) groups is 2. The number of aryl methyl sites for hydroxylation is 1. The third-order valence-corrected chi connectivity index (χ3v) is 5.64. The maximum Gasteiger partial charge on any atom is 0.317 e. The molecule has 1 amide bonds. The van der Waals surface area contributed by atoms with Crippen molar-refractivity contribution in [3.8, 4) is 5.75 Å². The number of esters is 1. The summed E-state index contributed by atoms with van der Waals surface area (Å²) in [5.41, 5.74) is 1.51. The third-order valence-electron chi connectivity index (χ3n) is 3.84. The minimum Gasteiger partial charge on any atom is -0.495 e. The molecule has 3 rings (SSSR count). The number of amides is 1. The Bertz CT molecular complexity index is 1010. The molecule has 0 saturated carbocycles. The fourth-order valence-corrected chi connectivity index (χ4v) is 4.01. The summed E-state index contributed by atoms with van der Waals surface area (Å²) in [6.07, 6.45) is 0.530. The van der Waals surface area contributed by atoms with Gasteiger partial charge in [0.1, 0.15) is 21.9 Å². The maximum atomic E-state index is 12.4. The lowest BCUT2D eigenvalue weighted by molar-refractivity contribution is -0.150. The van der Waals surface area contributed by atoms with Gasteiger partial charge in [-0.05, 0) is 43.0 Å². The number of benzene rings is 1. The van der Waals surface area contributed by atoms with Gasteiger partial charge in [-0.1, -0.05) is 17.8 Å². The molecule has 28 heavy (non-hydrogen) atoms. The number of thioether (sulfide) groups is 1. The zero-order valence-corrected chi connectivity index (χ0v) is 17.2. The summed E-state index contributed by atoms with van der Waals surface area (Å²) in [7, 11) is 1.53. The van der Waals surface area contributed by atoms with Crippen LogP contribution in [-0.2, 0) is 14.3 Å². The van der Waals surface area contributed by atoms with E-state index in [-0.39, 0.29) is 5.75 Å². The van der Waals surface area contributed by atoms with E-state index < -0.39 is 18.0 Å². The molecule has 0 saturated heterocycles. The number of rotatable bonds is 7. The van der Waals surface area contributed by atoms with Crippen LogP contribution in [0.1, 0.15) is 12.5 Å². The van der Waals surface area contributed by atoms with Crippen molar-refractivity contribution in [2.45, 2.75) is 25.0 Å². The van der Waals surface area contributed by atoms with Crippen molar-refractivity contribution in [3.05, 3.63) is 41.5 Å². The van der Waals surface area contributed by atoms with Crippen molar-refractivity contribution in [2.75, 3.05) is 18.2 Å². The Morgan fingerprint density at radius 1 is 1.29 bits per heavy atom. The van der Waals surface area contributed by atoms with Crippen molar-refractivity contribution in [2.24, 2.45) is 0 Å². The van der Waals surface area contributed by atoms with E-state index in [1.54, 1.807) is 12.1 Å².